The number of hydrogen-bond donors (Lipinski definition) is 1. The lowest BCUT2D eigenvalue weighted by Crippen LogP contribution is -2.56. The highest BCUT2D eigenvalue weighted by molar-refractivity contribution is 5.95. The van der Waals surface area contributed by atoms with Crippen LogP contribution in [0.1, 0.15) is 86.8 Å². The van der Waals surface area contributed by atoms with Crippen LogP contribution in [0.25, 0.3) is 11.3 Å². The standard InChI is InChI=1S/C39H48F2N6O3/c1-24(2)34-10-11-35(44-43-34)26-4-8-30(9-5-26)50-37-20-31(32(40)19-27(37)22-47-21-25(3)18-38(47)48)39(49)42-36-14-17-46(23-33(36)41)29-12-15-45(16-13-29)28-6-7-28/h4-5,8-11,19-20,24-25,28-29,33,36H,6-7,12-18,21-23H2,1-3H3,(H,42,49). The van der Waals surface area contributed by atoms with Gasteiger partial charge in [0.25, 0.3) is 5.91 Å². The number of nitrogens with zero attached hydrogens (tertiary/aromatic N) is 5. The second kappa shape index (κ2) is 14.7. The molecule has 1 saturated carbocycles. The highest BCUT2D eigenvalue weighted by Gasteiger charge is 2.38. The molecule has 3 aromatic rings. The molecule has 4 fully saturated rings. The van der Waals surface area contributed by atoms with Crippen LogP contribution in [0.3, 0.4) is 0 Å². The Morgan fingerprint density at radius 1 is 0.940 bits per heavy atom. The van der Waals surface area contributed by atoms with Gasteiger partial charge >= 0.3 is 0 Å². The fraction of sp³-hybridized carbons (Fsp3) is 0.538. The lowest BCUT2D eigenvalue weighted by molar-refractivity contribution is -0.128. The first-order chi connectivity index (χ1) is 24.1. The summed E-state index contributed by atoms with van der Waals surface area (Å²) < 4.78 is 37.5. The van der Waals surface area contributed by atoms with E-state index in [1.165, 1.54) is 25.0 Å². The van der Waals surface area contributed by atoms with Gasteiger partial charge in [0.2, 0.25) is 5.91 Å². The first kappa shape index (κ1) is 34.5. The molecule has 0 bridgehead atoms. The largest absolute Gasteiger partial charge is 0.457 e. The molecule has 11 heteroatoms. The van der Waals surface area contributed by atoms with Crippen LogP contribution in [-0.2, 0) is 11.3 Å². The molecule has 3 aliphatic heterocycles. The van der Waals surface area contributed by atoms with E-state index in [4.69, 9.17) is 4.74 Å². The van der Waals surface area contributed by atoms with E-state index >= 15 is 8.78 Å². The summed E-state index contributed by atoms with van der Waals surface area (Å²) in [5.74, 6) is -0.210. The summed E-state index contributed by atoms with van der Waals surface area (Å²) in [4.78, 5) is 32.7. The van der Waals surface area contributed by atoms with E-state index in [1.807, 2.05) is 31.2 Å². The monoisotopic (exact) mass is 686 g/mol. The lowest BCUT2D eigenvalue weighted by Gasteiger charge is -2.43. The van der Waals surface area contributed by atoms with Crippen molar-refractivity contribution in [1.82, 2.24) is 30.2 Å². The SMILES string of the molecule is CC1CC(=O)N(Cc2cc(F)c(C(=O)NC3CCN(C4CCN(C5CC5)CC4)CC3F)cc2Oc2ccc(-c3ccc(C(C)C)nn3)cc2)C1. The Kier molecular flexibility index (Phi) is 10.2. The van der Waals surface area contributed by atoms with Gasteiger partial charge in [-0.2, -0.15) is 10.2 Å². The van der Waals surface area contributed by atoms with Crippen molar-refractivity contribution in [2.24, 2.45) is 5.92 Å². The topological polar surface area (TPSA) is 90.9 Å². The Morgan fingerprint density at radius 2 is 1.66 bits per heavy atom. The molecule has 4 heterocycles. The number of carbonyl (C=O) groups excluding carboxylic acids is 2. The van der Waals surface area contributed by atoms with Crippen molar-refractivity contribution in [3.63, 3.8) is 0 Å². The summed E-state index contributed by atoms with van der Waals surface area (Å²) in [6, 6.07) is 14.2. The van der Waals surface area contributed by atoms with Gasteiger partial charge in [0.1, 0.15) is 23.5 Å². The number of alkyl halides is 1. The normalized spacial score (nSPS) is 23.8. The third-order valence-electron chi connectivity index (χ3n) is 10.8. The molecule has 266 valence electrons. The Labute approximate surface area is 293 Å². The first-order valence-corrected chi connectivity index (χ1v) is 18.3. The summed E-state index contributed by atoms with van der Waals surface area (Å²) in [6.07, 6.45) is 4.34. The second-order valence-corrected chi connectivity index (χ2v) is 15.0. The quantitative estimate of drug-likeness (QED) is 0.267. The van der Waals surface area contributed by atoms with Crippen molar-refractivity contribution in [1.29, 1.82) is 0 Å². The van der Waals surface area contributed by atoms with Crippen LogP contribution in [0.15, 0.2) is 48.5 Å². The summed E-state index contributed by atoms with van der Waals surface area (Å²) >= 11 is 0. The number of piperidine rings is 2. The third-order valence-corrected chi connectivity index (χ3v) is 10.8. The Balaban J connectivity index is 1.05. The third kappa shape index (κ3) is 7.84. The van der Waals surface area contributed by atoms with Gasteiger partial charge in [0.05, 0.1) is 23.0 Å². The zero-order valence-electron chi connectivity index (χ0n) is 29.3. The highest BCUT2D eigenvalue weighted by atomic mass is 19.1. The number of rotatable bonds is 10. The number of hydrogen-bond acceptors (Lipinski definition) is 7. The molecule has 0 spiro atoms. The molecule has 1 aliphatic carbocycles. The summed E-state index contributed by atoms with van der Waals surface area (Å²) in [5, 5.41) is 11.5. The van der Waals surface area contributed by atoms with Gasteiger partial charge in [0, 0.05) is 55.8 Å². The summed E-state index contributed by atoms with van der Waals surface area (Å²) in [6.45, 7) is 9.94. The van der Waals surface area contributed by atoms with E-state index in [1.54, 1.807) is 17.0 Å². The maximum atomic E-state index is 15.7. The number of amides is 2. The minimum absolute atomic E-state index is 0.00609. The van der Waals surface area contributed by atoms with E-state index in [9.17, 15) is 9.59 Å². The van der Waals surface area contributed by atoms with E-state index in [-0.39, 0.29) is 42.1 Å². The number of aromatic nitrogens is 2. The smallest absolute Gasteiger partial charge is 0.254 e. The Bertz CT molecular complexity index is 1670. The zero-order chi connectivity index (χ0) is 34.9. The molecular weight excluding hydrogens is 638 g/mol. The average Bonchev–Trinajstić information content (AvgIpc) is 3.91. The van der Waals surface area contributed by atoms with Crippen LogP contribution in [0.5, 0.6) is 11.5 Å². The second-order valence-electron chi connectivity index (χ2n) is 15.0. The average molecular weight is 687 g/mol. The van der Waals surface area contributed by atoms with Crippen molar-refractivity contribution in [2.45, 2.75) is 96.1 Å². The molecule has 0 radical (unpaired) electrons. The van der Waals surface area contributed by atoms with Crippen LogP contribution in [-0.4, -0.2) is 93.7 Å². The number of ether oxygens (including phenoxy) is 1. The van der Waals surface area contributed by atoms with Crippen molar-refractivity contribution in [3.05, 3.63) is 71.2 Å². The molecule has 2 aromatic carbocycles. The van der Waals surface area contributed by atoms with Gasteiger partial charge in [0.15, 0.2) is 0 Å². The van der Waals surface area contributed by atoms with Crippen LogP contribution in [0.4, 0.5) is 8.78 Å². The maximum Gasteiger partial charge on any atom is 0.254 e. The molecule has 1 N–H and O–H groups in total. The van der Waals surface area contributed by atoms with E-state index in [2.05, 4.69) is 39.2 Å². The molecule has 7 rings (SSSR count). The van der Waals surface area contributed by atoms with Crippen molar-refractivity contribution in [3.8, 4) is 22.8 Å². The predicted octanol–water partition coefficient (Wildman–Crippen LogP) is 6.34. The van der Waals surface area contributed by atoms with Crippen LogP contribution >= 0.6 is 0 Å². The van der Waals surface area contributed by atoms with Gasteiger partial charge in [-0.15, -0.1) is 0 Å². The van der Waals surface area contributed by atoms with Gasteiger partial charge in [-0.3, -0.25) is 14.5 Å². The maximum absolute atomic E-state index is 15.7. The molecule has 1 aromatic heterocycles. The minimum atomic E-state index is -1.25. The number of halogens is 2. The molecule has 3 unspecified atom stereocenters. The van der Waals surface area contributed by atoms with Crippen molar-refractivity contribution >= 4 is 11.8 Å². The van der Waals surface area contributed by atoms with Gasteiger partial charge < -0.3 is 19.9 Å². The molecule has 2 amide bonds. The molecule has 9 nitrogen and oxygen atoms in total. The van der Waals surface area contributed by atoms with Gasteiger partial charge in [-0.25, -0.2) is 8.78 Å². The number of likely N-dealkylation sites (tertiary alicyclic amines) is 3. The van der Waals surface area contributed by atoms with Crippen LogP contribution in [0.2, 0.25) is 0 Å². The predicted molar refractivity (Wildman–Crippen MR) is 187 cm³/mol. The fourth-order valence-corrected chi connectivity index (χ4v) is 7.66. The number of carbonyl (C=O) groups is 2. The van der Waals surface area contributed by atoms with Gasteiger partial charge in [-0.05, 0) is 106 Å². The Hall–Kier alpha value is -3.96. The van der Waals surface area contributed by atoms with Crippen molar-refractivity contribution < 1.29 is 23.1 Å². The highest BCUT2D eigenvalue weighted by Crippen LogP contribution is 2.34. The number of benzene rings is 2. The summed E-state index contributed by atoms with van der Waals surface area (Å²) in [5.41, 5.74) is 2.72. The molecule has 4 aliphatic rings. The minimum Gasteiger partial charge on any atom is -0.457 e. The van der Waals surface area contributed by atoms with E-state index < -0.39 is 23.9 Å². The van der Waals surface area contributed by atoms with Gasteiger partial charge in [-0.1, -0.05) is 20.8 Å². The summed E-state index contributed by atoms with van der Waals surface area (Å²) in [7, 11) is 0. The lowest BCUT2D eigenvalue weighted by atomic mass is 9.96. The van der Waals surface area contributed by atoms with Crippen molar-refractivity contribution in [2.75, 3.05) is 32.7 Å². The molecule has 3 saturated heterocycles. The molecule has 50 heavy (non-hydrogen) atoms. The first-order valence-electron chi connectivity index (χ1n) is 18.3. The fourth-order valence-electron chi connectivity index (χ4n) is 7.66. The molecule has 3 atom stereocenters. The van der Waals surface area contributed by atoms with Crippen LogP contribution < -0.4 is 10.1 Å². The van der Waals surface area contributed by atoms with E-state index in [0.717, 1.165) is 48.9 Å². The Morgan fingerprint density at radius 3 is 2.28 bits per heavy atom. The zero-order valence-corrected chi connectivity index (χ0v) is 29.3. The van der Waals surface area contributed by atoms with E-state index in [0.29, 0.717) is 43.3 Å². The molecular formula is C39H48F2N6O3. The number of nitrogens with one attached hydrogen (secondary N) is 1. The van der Waals surface area contributed by atoms with Crippen LogP contribution in [0, 0.1) is 11.7 Å².